The highest BCUT2D eigenvalue weighted by Gasteiger charge is 2.18. The Labute approximate surface area is 183 Å². The second-order valence-electron chi connectivity index (χ2n) is 6.33. The van der Waals surface area contributed by atoms with Crippen LogP contribution in [0.4, 0.5) is 10.8 Å². The smallest absolute Gasteiger partial charge is 0.338 e. The van der Waals surface area contributed by atoms with Crippen LogP contribution in [0, 0.1) is 0 Å². The Bertz CT molecular complexity index is 1060. The quantitative estimate of drug-likeness (QED) is 0.513. The molecule has 3 aromatic rings. The second kappa shape index (κ2) is 9.86. The van der Waals surface area contributed by atoms with E-state index >= 15 is 0 Å². The molecular weight excluding hydrogens is 420 g/mol. The van der Waals surface area contributed by atoms with Gasteiger partial charge in [-0.1, -0.05) is 18.2 Å². The maximum absolute atomic E-state index is 12.2. The van der Waals surface area contributed by atoms with Crippen LogP contribution in [0.5, 0.6) is 5.75 Å². The molecule has 0 atom stereocenters. The van der Waals surface area contributed by atoms with Crippen LogP contribution in [-0.4, -0.2) is 37.0 Å². The Morgan fingerprint density at radius 2 is 1.58 bits per heavy atom. The summed E-state index contributed by atoms with van der Waals surface area (Å²) in [7, 11) is 2.50. The molecule has 1 heterocycles. The molecule has 0 spiro atoms. The van der Waals surface area contributed by atoms with Gasteiger partial charge >= 0.3 is 11.9 Å². The van der Waals surface area contributed by atoms with Gasteiger partial charge in [0.15, 0.2) is 5.13 Å². The molecule has 0 bridgehead atoms. The molecule has 160 valence electrons. The maximum atomic E-state index is 12.2. The van der Waals surface area contributed by atoms with Crippen LogP contribution in [0.1, 0.15) is 33.3 Å². The first-order valence-corrected chi connectivity index (χ1v) is 10.1. The van der Waals surface area contributed by atoms with E-state index in [2.05, 4.69) is 4.98 Å². The molecule has 0 aliphatic carbocycles. The molecule has 0 radical (unpaired) electrons. The minimum Gasteiger partial charge on any atom is -0.487 e. The highest BCUT2D eigenvalue weighted by Crippen LogP contribution is 2.29. The Morgan fingerprint density at radius 1 is 0.968 bits per heavy atom. The van der Waals surface area contributed by atoms with Gasteiger partial charge < -0.3 is 14.2 Å². The first kappa shape index (κ1) is 22.0. The fourth-order valence-electron chi connectivity index (χ4n) is 2.78. The van der Waals surface area contributed by atoms with Crippen LogP contribution < -0.4 is 9.64 Å². The van der Waals surface area contributed by atoms with Gasteiger partial charge in [-0.25, -0.2) is 14.6 Å². The number of hydrogen-bond donors (Lipinski definition) is 0. The molecule has 3 rings (SSSR count). The molecule has 8 nitrogen and oxygen atoms in total. The molecule has 31 heavy (non-hydrogen) atoms. The summed E-state index contributed by atoms with van der Waals surface area (Å²) >= 11 is 1.31. The molecule has 9 heteroatoms. The predicted octanol–water partition coefficient (Wildman–Crippen LogP) is 3.98. The monoisotopic (exact) mass is 440 g/mol. The van der Waals surface area contributed by atoms with E-state index in [1.807, 2.05) is 30.3 Å². The summed E-state index contributed by atoms with van der Waals surface area (Å²) in [6, 6.07) is 13.5. The number of esters is 2. The summed E-state index contributed by atoms with van der Waals surface area (Å²) in [6.07, 6.45) is 0. The van der Waals surface area contributed by atoms with Gasteiger partial charge in [0.05, 0.1) is 36.7 Å². The SMILES string of the molecule is COC(=O)c1cc(OCc2csc(N(C(C)=O)c3ccccc3)n2)cc(C(=O)OC)c1. The average molecular weight is 440 g/mol. The molecule has 0 aliphatic rings. The number of nitrogens with zero attached hydrogens (tertiary/aromatic N) is 2. The first-order valence-electron chi connectivity index (χ1n) is 9.17. The predicted molar refractivity (Wildman–Crippen MR) is 115 cm³/mol. The number of anilines is 2. The van der Waals surface area contributed by atoms with Crippen molar-refractivity contribution >= 4 is 40.0 Å². The molecule has 1 amide bonds. The summed E-state index contributed by atoms with van der Waals surface area (Å²) in [5.41, 5.74) is 1.62. The van der Waals surface area contributed by atoms with E-state index in [0.29, 0.717) is 16.5 Å². The molecule has 2 aromatic carbocycles. The Hall–Kier alpha value is -3.72. The number of aromatic nitrogens is 1. The zero-order valence-electron chi connectivity index (χ0n) is 17.2. The van der Waals surface area contributed by atoms with Crippen molar-refractivity contribution in [2.75, 3.05) is 19.1 Å². The van der Waals surface area contributed by atoms with Gasteiger partial charge in [0.25, 0.3) is 0 Å². The van der Waals surface area contributed by atoms with Crippen molar-refractivity contribution in [2.24, 2.45) is 0 Å². The summed E-state index contributed by atoms with van der Waals surface area (Å²) in [4.78, 5) is 42.0. The Morgan fingerprint density at radius 3 is 2.13 bits per heavy atom. The Balaban J connectivity index is 1.80. The van der Waals surface area contributed by atoms with Gasteiger partial charge in [-0.3, -0.25) is 9.69 Å². The van der Waals surface area contributed by atoms with Crippen LogP contribution in [0.3, 0.4) is 0 Å². The molecule has 0 aliphatic heterocycles. The zero-order valence-corrected chi connectivity index (χ0v) is 18.0. The van der Waals surface area contributed by atoms with E-state index in [1.54, 1.807) is 5.38 Å². The number of carbonyl (C=O) groups excluding carboxylic acids is 3. The van der Waals surface area contributed by atoms with Crippen LogP contribution in [-0.2, 0) is 20.9 Å². The number of thiazole rings is 1. The third kappa shape index (κ3) is 5.26. The fourth-order valence-corrected chi connectivity index (χ4v) is 3.65. The van der Waals surface area contributed by atoms with E-state index in [0.717, 1.165) is 0 Å². The van der Waals surface area contributed by atoms with Crippen molar-refractivity contribution < 1.29 is 28.6 Å². The van der Waals surface area contributed by atoms with Crippen LogP contribution in [0.15, 0.2) is 53.9 Å². The third-order valence-corrected chi connectivity index (χ3v) is 5.07. The summed E-state index contributed by atoms with van der Waals surface area (Å²) in [5.74, 6) is -1.09. The van der Waals surface area contributed by atoms with Crippen molar-refractivity contribution in [2.45, 2.75) is 13.5 Å². The third-order valence-electron chi connectivity index (χ3n) is 4.20. The standard InChI is InChI=1S/C22H20N2O6S/c1-14(25)24(18-7-5-4-6-8-18)22-23-17(13-31-22)12-30-19-10-15(20(26)28-2)9-16(11-19)21(27)29-3/h4-11,13H,12H2,1-3H3. The summed E-state index contributed by atoms with van der Waals surface area (Å²) < 4.78 is 15.2. The summed E-state index contributed by atoms with van der Waals surface area (Å²) in [5, 5.41) is 2.29. The van der Waals surface area contributed by atoms with Gasteiger partial charge in [-0.15, -0.1) is 11.3 Å². The van der Waals surface area contributed by atoms with Gasteiger partial charge in [0.2, 0.25) is 5.91 Å². The summed E-state index contributed by atoms with van der Waals surface area (Å²) in [6.45, 7) is 1.54. The van der Waals surface area contributed by atoms with Crippen LogP contribution in [0.25, 0.3) is 0 Å². The van der Waals surface area contributed by atoms with Gasteiger partial charge in [-0.05, 0) is 30.3 Å². The highest BCUT2D eigenvalue weighted by atomic mass is 32.1. The van der Waals surface area contributed by atoms with Crippen molar-refractivity contribution in [3.8, 4) is 5.75 Å². The van der Waals surface area contributed by atoms with Crippen molar-refractivity contribution in [3.63, 3.8) is 0 Å². The minimum absolute atomic E-state index is 0.0717. The van der Waals surface area contributed by atoms with Crippen molar-refractivity contribution in [1.29, 1.82) is 0 Å². The van der Waals surface area contributed by atoms with Crippen molar-refractivity contribution in [1.82, 2.24) is 4.98 Å². The van der Waals surface area contributed by atoms with E-state index in [-0.39, 0.29) is 29.4 Å². The number of carbonyl (C=O) groups is 3. The molecule has 1 aromatic heterocycles. The van der Waals surface area contributed by atoms with Gasteiger partial charge in [-0.2, -0.15) is 0 Å². The number of rotatable bonds is 7. The number of amides is 1. The average Bonchev–Trinajstić information content (AvgIpc) is 3.25. The maximum Gasteiger partial charge on any atom is 0.338 e. The van der Waals surface area contributed by atoms with E-state index in [4.69, 9.17) is 14.2 Å². The number of hydrogen-bond acceptors (Lipinski definition) is 8. The lowest BCUT2D eigenvalue weighted by atomic mass is 10.1. The fraction of sp³-hybridized carbons (Fsp3) is 0.182. The largest absolute Gasteiger partial charge is 0.487 e. The Kier molecular flexibility index (Phi) is 6.99. The first-order chi connectivity index (χ1) is 14.9. The lowest BCUT2D eigenvalue weighted by Gasteiger charge is -2.17. The molecule has 0 saturated heterocycles. The lowest BCUT2D eigenvalue weighted by Crippen LogP contribution is -2.22. The molecule has 0 unspecified atom stereocenters. The van der Waals surface area contributed by atoms with Crippen LogP contribution >= 0.6 is 11.3 Å². The van der Waals surface area contributed by atoms with Gasteiger partial charge in [0, 0.05) is 12.3 Å². The zero-order chi connectivity index (χ0) is 22.4. The van der Waals surface area contributed by atoms with Crippen molar-refractivity contribution in [3.05, 3.63) is 70.7 Å². The number of methoxy groups -OCH3 is 2. The minimum atomic E-state index is -0.605. The topological polar surface area (TPSA) is 95.0 Å². The second-order valence-corrected chi connectivity index (χ2v) is 7.17. The van der Waals surface area contributed by atoms with Crippen LogP contribution in [0.2, 0.25) is 0 Å². The van der Waals surface area contributed by atoms with E-state index in [1.165, 1.54) is 55.6 Å². The molecular formula is C22H20N2O6S. The number of ether oxygens (including phenoxy) is 3. The molecule has 0 saturated carbocycles. The number of para-hydroxylation sites is 1. The molecule has 0 fully saturated rings. The highest BCUT2D eigenvalue weighted by molar-refractivity contribution is 7.14. The lowest BCUT2D eigenvalue weighted by molar-refractivity contribution is -0.115. The van der Waals surface area contributed by atoms with E-state index in [9.17, 15) is 14.4 Å². The molecule has 0 N–H and O–H groups in total. The number of benzene rings is 2. The van der Waals surface area contributed by atoms with E-state index < -0.39 is 11.9 Å². The van der Waals surface area contributed by atoms with Gasteiger partial charge in [0.1, 0.15) is 12.4 Å². The normalized spacial score (nSPS) is 10.3.